The van der Waals surface area contributed by atoms with Crippen molar-refractivity contribution in [2.24, 2.45) is 5.10 Å². The van der Waals surface area contributed by atoms with Gasteiger partial charge in [-0.05, 0) is 42.6 Å². The average molecular weight is 368 g/mol. The van der Waals surface area contributed by atoms with E-state index >= 15 is 0 Å². The molecule has 1 aromatic carbocycles. The van der Waals surface area contributed by atoms with Crippen molar-refractivity contribution in [3.05, 3.63) is 70.1 Å². The number of hydrogen-bond acceptors (Lipinski definition) is 6. The van der Waals surface area contributed by atoms with E-state index in [0.29, 0.717) is 28.6 Å². The molecule has 2 aromatic heterocycles. The Bertz CT molecular complexity index is 929. The monoisotopic (exact) mass is 368 g/mol. The number of thiophene rings is 1. The van der Waals surface area contributed by atoms with Crippen LogP contribution in [-0.2, 0) is 4.74 Å². The summed E-state index contributed by atoms with van der Waals surface area (Å²) < 4.78 is 10.7. The SMILES string of the molecule is CCOC(=O)c1cccc(-c2ccc(C=NNC(=O)c3cccs3)o2)c1. The lowest BCUT2D eigenvalue weighted by Gasteiger charge is -2.03. The number of furan rings is 1. The summed E-state index contributed by atoms with van der Waals surface area (Å²) in [5.41, 5.74) is 3.65. The highest BCUT2D eigenvalue weighted by Gasteiger charge is 2.10. The van der Waals surface area contributed by atoms with Crippen molar-refractivity contribution in [2.75, 3.05) is 6.61 Å². The lowest BCUT2D eigenvalue weighted by molar-refractivity contribution is 0.0526. The van der Waals surface area contributed by atoms with Crippen molar-refractivity contribution in [2.45, 2.75) is 6.92 Å². The van der Waals surface area contributed by atoms with E-state index in [1.165, 1.54) is 17.6 Å². The Hall–Kier alpha value is -3.19. The number of nitrogens with zero attached hydrogens (tertiary/aromatic N) is 1. The molecular weight excluding hydrogens is 352 g/mol. The van der Waals surface area contributed by atoms with E-state index in [2.05, 4.69) is 10.5 Å². The van der Waals surface area contributed by atoms with Gasteiger partial charge in [-0.25, -0.2) is 10.2 Å². The Kier molecular flexibility index (Phi) is 5.60. The fraction of sp³-hybridized carbons (Fsp3) is 0.105. The quantitative estimate of drug-likeness (QED) is 0.406. The molecule has 0 saturated carbocycles. The van der Waals surface area contributed by atoms with Crippen LogP contribution in [0, 0.1) is 0 Å². The summed E-state index contributed by atoms with van der Waals surface area (Å²) in [5, 5.41) is 5.71. The fourth-order valence-corrected chi connectivity index (χ4v) is 2.82. The second kappa shape index (κ2) is 8.26. The standard InChI is InChI=1S/C19H16N2O4S/c1-2-24-19(23)14-6-3-5-13(11-14)16-9-8-15(25-16)12-20-21-18(22)17-7-4-10-26-17/h3-12H,2H2,1H3,(H,21,22). The van der Waals surface area contributed by atoms with Crippen LogP contribution in [0.5, 0.6) is 0 Å². The Balaban J connectivity index is 1.68. The molecule has 0 aliphatic rings. The summed E-state index contributed by atoms with van der Waals surface area (Å²) in [6, 6.07) is 14.0. The number of hydrogen-bond donors (Lipinski definition) is 1. The molecule has 0 fully saturated rings. The van der Waals surface area contributed by atoms with Crippen LogP contribution >= 0.6 is 11.3 Å². The van der Waals surface area contributed by atoms with Crippen LogP contribution in [0.1, 0.15) is 32.7 Å². The average Bonchev–Trinajstić information content (AvgIpc) is 3.34. The molecule has 0 bridgehead atoms. The number of rotatable bonds is 6. The summed E-state index contributed by atoms with van der Waals surface area (Å²) in [5.74, 6) is 0.416. The first-order chi connectivity index (χ1) is 12.7. The second-order valence-electron chi connectivity index (χ2n) is 5.18. The van der Waals surface area contributed by atoms with Crippen LogP contribution in [0.4, 0.5) is 0 Å². The zero-order chi connectivity index (χ0) is 18.4. The number of carbonyl (C=O) groups excluding carboxylic acids is 2. The molecule has 0 radical (unpaired) electrons. The molecule has 6 nitrogen and oxygen atoms in total. The van der Waals surface area contributed by atoms with E-state index < -0.39 is 0 Å². The third-order valence-corrected chi connectivity index (χ3v) is 4.26. The molecule has 0 unspecified atom stereocenters. The van der Waals surface area contributed by atoms with Gasteiger partial charge in [-0.3, -0.25) is 4.79 Å². The van der Waals surface area contributed by atoms with Gasteiger partial charge in [0.15, 0.2) is 0 Å². The Labute approximate surface area is 154 Å². The third-order valence-electron chi connectivity index (χ3n) is 3.39. The third kappa shape index (κ3) is 4.25. The smallest absolute Gasteiger partial charge is 0.338 e. The number of esters is 1. The molecule has 1 N–H and O–H groups in total. The summed E-state index contributed by atoms with van der Waals surface area (Å²) >= 11 is 1.34. The van der Waals surface area contributed by atoms with Crippen molar-refractivity contribution in [1.82, 2.24) is 5.43 Å². The number of carbonyl (C=O) groups is 2. The van der Waals surface area contributed by atoms with Gasteiger partial charge in [-0.2, -0.15) is 5.10 Å². The fourth-order valence-electron chi connectivity index (χ4n) is 2.21. The summed E-state index contributed by atoms with van der Waals surface area (Å²) in [7, 11) is 0. The molecule has 0 aliphatic carbocycles. The number of amides is 1. The molecule has 0 aliphatic heterocycles. The van der Waals surface area contributed by atoms with Crippen LogP contribution in [-0.4, -0.2) is 24.7 Å². The van der Waals surface area contributed by atoms with Crippen molar-refractivity contribution in [3.63, 3.8) is 0 Å². The van der Waals surface area contributed by atoms with E-state index in [1.807, 2.05) is 11.4 Å². The summed E-state index contributed by atoms with van der Waals surface area (Å²) in [6.07, 6.45) is 1.42. The molecular formula is C19H16N2O4S. The molecule has 3 aromatic rings. The van der Waals surface area contributed by atoms with Gasteiger partial charge in [0.1, 0.15) is 11.5 Å². The van der Waals surface area contributed by atoms with Crippen molar-refractivity contribution < 1.29 is 18.7 Å². The van der Waals surface area contributed by atoms with Gasteiger partial charge in [0.2, 0.25) is 0 Å². The van der Waals surface area contributed by atoms with Crippen LogP contribution in [0.3, 0.4) is 0 Å². The molecule has 0 saturated heterocycles. The van der Waals surface area contributed by atoms with Gasteiger partial charge in [-0.1, -0.05) is 18.2 Å². The first-order valence-corrected chi connectivity index (χ1v) is 8.79. The lowest BCUT2D eigenvalue weighted by atomic mass is 10.1. The maximum Gasteiger partial charge on any atom is 0.338 e. The number of ether oxygens (including phenoxy) is 1. The molecule has 7 heteroatoms. The van der Waals surface area contributed by atoms with Gasteiger partial charge in [0.05, 0.1) is 23.3 Å². The van der Waals surface area contributed by atoms with Crippen LogP contribution in [0.25, 0.3) is 11.3 Å². The van der Waals surface area contributed by atoms with Crippen LogP contribution < -0.4 is 5.43 Å². The topological polar surface area (TPSA) is 80.9 Å². The minimum atomic E-state index is -0.376. The molecule has 0 spiro atoms. The van der Waals surface area contributed by atoms with E-state index in [9.17, 15) is 9.59 Å². The Morgan fingerprint density at radius 3 is 2.88 bits per heavy atom. The zero-order valence-corrected chi connectivity index (χ0v) is 14.8. The molecule has 26 heavy (non-hydrogen) atoms. The maximum atomic E-state index is 11.8. The number of benzene rings is 1. The van der Waals surface area contributed by atoms with Gasteiger partial charge < -0.3 is 9.15 Å². The normalized spacial score (nSPS) is 10.8. The molecule has 132 valence electrons. The largest absolute Gasteiger partial charge is 0.462 e. The minimum Gasteiger partial charge on any atom is -0.462 e. The highest BCUT2D eigenvalue weighted by molar-refractivity contribution is 7.12. The van der Waals surface area contributed by atoms with Gasteiger partial charge in [-0.15, -0.1) is 11.3 Å². The van der Waals surface area contributed by atoms with Crippen molar-refractivity contribution in [1.29, 1.82) is 0 Å². The predicted molar refractivity (Wildman–Crippen MR) is 99.5 cm³/mol. The van der Waals surface area contributed by atoms with Gasteiger partial charge in [0.25, 0.3) is 5.91 Å². The highest BCUT2D eigenvalue weighted by Crippen LogP contribution is 2.23. The summed E-state index contributed by atoms with van der Waals surface area (Å²) in [6.45, 7) is 2.08. The number of nitrogens with one attached hydrogen (secondary N) is 1. The van der Waals surface area contributed by atoms with Crippen LogP contribution in [0.2, 0.25) is 0 Å². The molecule has 0 atom stereocenters. The molecule has 3 rings (SSSR count). The zero-order valence-electron chi connectivity index (χ0n) is 14.0. The molecule has 2 heterocycles. The van der Waals surface area contributed by atoms with Crippen molar-refractivity contribution in [3.8, 4) is 11.3 Å². The Morgan fingerprint density at radius 2 is 2.12 bits per heavy atom. The van der Waals surface area contributed by atoms with Crippen molar-refractivity contribution >= 4 is 29.4 Å². The van der Waals surface area contributed by atoms with Gasteiger partial charge in [0, 0.05) is 5.56 Å². The summed E-state index contributed by atoms with van der Waals surface area (Å²) in [4.78, 5) is 24.2. The first kappa shape index (κ1) is 17.6. The molecule has 1 amide bonds. The lowest BCUT2D eigenvalue weighted by Crippen LogP contribution is -2.15. The van der Waals surface area contributed by atoms with E-state index in [-0.39, 0.29) is 11.9 Å². The van der Waals surface area contributed by atoms with E-state index in [0.717, 1.165) is 5.56 Å². The van der Waals surface area contributed by atoms with E-state index in [4.69, 9.17) is 9.15 Å². The highest BCUT2D eigenvalue weighted by atomic mass is 32.1. The first-order valence-electron chi connectivity index (χ1n) is 7.91. The minimum absolute atomic E-state index is 0.273. The second-order valence-corrected chi connectivity index (χ2v) is 6.13. The Morgan fingerprint density at radius 1 is 1.23 bits per heavy atom. The van der Waals surface area contributed by atoms with Crippen LogP contribution in [0.15, 0.2) is 63.4 Å². The predicted octanol–water partition coefficient (Wildman–Crippen LogP) is 3.95. The van der Waals surface area contributed by atoms with Gasteiger partial charge >= 0.3 is 5.97 Å². The number of hydrazone groups is 1. The maximum absolute atomic E-state index is 11.8. The van der Waals surface area contributed by atoms with E-state index in [1.54, 1.807) is 49.4 Å².